The maximum Gasteiger partial charge on any atom is 0.332 e. The summed E-state index contributed by atoms with van der Waals surface area (Å²) in [6, 6.07) is 7.14. The molecular formula is C11H14ClNO3. The molecular weight excluding hydrogens is 230 g/mol. The van der Waals surface area contributed by atoms with Crippen molar-refractivity contribution in [1.82, 2.24) is 0 Å². The lowest BCUT2D eigenvalue weighted by Gasteiger charge is -2.05. The zero-order valence-electron chi connectivity index (χ0n) is 8.82. The van der Waals surface area contributed by atoms with E-state index in [0.717, 1.165) is 5.56 Å². The van der Waals surface area contributed by atoms with Gasteiger partial charge in [-0.2, -0.15) is 0 Å². The molecule has 1 rings (SSSR count). The van der Waals surface area contributed by atoms with E-state index in [0.29, 0.717) is 18.2 Å². The summed E-state index contributed by atoms with van der Waals surface area (Å²) in [4.78, 5) is 11.2. The summed E-state index contributed by atoms with van der Waals surface area (Å²) in [5.41, 5.74) is 6.05. The smallest absolute Gasteiger partial charge is 0.332 e. The first kappa shape index (κ1) is 13.0. The number of carbonyl (C=O) groups excluding carboxylic acids is 1. The summed E-state index contributed by atoms with van der Waals surface area (Å²) >= 11 is 5.78. The highest BCUT2D eigenvalue weighted by Crippen LogP contribution is 2.11. The van der Waals surface area contributed by atoms with Crippen LogP contribution < -0.4 is 5.73 Å². The Morgan fingerprint density at radius 3 is 2.94 bits per heavy atom. The average molecular weight is 244 g/mol. The zero-order chi connectivity index (χ0) is 11.8. The van der Waals surface area contributed by atoms with Gasteiger partial charge < -0.3 is 15.2 Å². The molecule has 0 bridgehead atoms. The highest BCUT2D eigenvalue weighted by Gasteiger charge is 2.03. The first-order valence-electron chi connectivity index (χ1n) is 4.90. The Labute approximate surface area is 99.3 Å². The minimum absolute atomic E-state index is 0.0717. The Kier molecular flexibility index (Phi) is 5.85. The van der Waals surface area contributed by atoms with Crippen LogP contribution in [0.1, 0.15) is 5.56 Å². The van der Waals surface area contributed by atoms with Gasteiger partial charge in [-0.15, -0.1) is 0 Å². The molecule has 16 heavy (non-hydrogen) atoms. The minimum Gasteiger partial charge on any atom is -0.459 e. The second-order valence-corrected chi connectivity index (χ2v) is 3.57. The van der Waals surface area contributed by atoms with E-state index in [2.05, 4.69) is 0 Å². The highest BCUT2D eigenvalue weighted by atomic mass is 35.5. The van der Waals surface area contributed by atoms with E-state index < -0.39 is 5.97 Å². The maximum absolute atomic E-state index is 11.2. The standard InChI is InChI=1S/C11H14ClNO3/c12-10-3-1-2-9(6-10)7-16-11(14)8-15-5-4-13/h1-3,6H,4-5,7-8,13H2. The van der Waals surface area contributed by atoms with Crippen molar-refractivity contribution >= 4 is 17.6 Å². The molecule has 0 saturated carbocycles. The van der Waals surface area contributed by atoms with Crippen molar-refractivity contribution < 1.29 is 14.3 Å². The lowest BCUT2D eigenvalue weighted by atomic mass is 10.2. The van der Waals surface area contributed by atoms with Gasteiger partial charge in [-0.05, 0) is 17.7 Å². The molecule has 1 aromatic rings. The van der Waals surface area contributed by atoms with Crippen LogP contribution >= 0.6 is 11.6 Å². The molecule has 0 atom stereocenters. The molecule has 1 aromatic carbocycles. The number of benzene rings is 1. The van der Waals surface area contributed by atoms with E-state index in [1.807, 2.05) is 6.07 Å². The van der Waals surface area contributed by atoms with E-state index in [1.165, 1.54) is 0 Å². The van der Waals surface area contributed by atoms with Crippen molar-refractivity contribution in [2.75, 3.05) is 19.8 Å². The zero-order valence-corrected chi connectivity index (χ0v) is 9.57. The van der Waals surface area contributed by atoms with E-state index >= 15 is 0 Å². The molecule has 0 radical (unpaired) electrons. The van der Waals surface area contributed by atoms with Gasteiger partial charge in [0.2, 0.25) is 0 Å². The molecule has 4 nitrogen and oxygen atoms in total. The fourth-order valence-corrected chi connectivity index (χ4v) is 1.28. The van der Waals surface area contributed by atoms with Crippen molar-refractivity contribution in [3.8, 4) is 0 Å². The summed E-state index contributed by atoms with van der Waals surface area (Å²) in [6.45, 7) is 0.872. The van der Waals surface area contributed by atoms with Crippen molar-refractivity contribution in [3.05, 3.63) is 34.9 Å². The second-order valence-electron chi connectivity index (χ2n) is 3.13. The molecule has 0 aliphatic carbocycles. The first-order valence-corrected chi connectivity index (χ1v) is 5.28. The number of nitrogens with two attached hydrogens (primary N) is 1. The van der Waals surface area contributed by atoms with Crippen LogP contribution in [0, 0.1) is 0 Å². The van der Waals surface area contributed by atoms with E-state index in [1.54, 1.807) is 18.2 Å². The Bertz CT molecular complexity index is 344. The monoisotopic (exact) mass is 243 g/mol. The predicted octanol–water partition coefficient (Wildman–Crippen LogP) is 1.36. The molecule has 0 aliphatic rings. The third kappa shape index (κ3) is 5.11. The Hall–Kier alpha value is -1.10. The third-order valence-electron chi connectivity index (χ3n) is 1.77. The molecule has 0 unspecified atom stereocenters. The summed E-state index contributed by atoms with van der Waals surface area (Å²) < 4.78 is 9.90. The van der Waals surface area contributed by atoms with Gasteiger partial charge in [0.1, 0.15) is 13.2 Å². The van der Waals surface area contributed by atoms with Crippen LogP contribution in [-0.2, 0) is 20.9 Å². The van der Waals surface area contributed by atoms with Crippen LogP contribution in [0.4, 0.5) is 0 Å². The van der Waals surface area contributed by atoms with Gasteiger partial charge in [0.25, 0.3) is 0 Å². The summed E-state index contributed by atoms with van der Waals surface area (Å²) in [6.07, 6.45) is 0. The quantitative estimate of drug-likeness (QED) is 0.605. The molecule has 88 valence electrons. The maximum atomic E-state index is 11.2. The van der Waals surface area contributed by atoms with Crippen LogP contribution in [0.5, 0.6) is 0 Å². The number of rotatable bonds is 6. The van der Waals surface area contributed by atoms with Gasteiger partial charge in [0, 0.05) is 11.6 Å². The molecule has 0 spiro atoms. The average Bonchev–Trinajstić information content (AvgIpc) is 2.27. The van der Waals surface area contributed by atoms with Gasteiger partial charge in [0.05, 0.1) is 6.61 Å². The molecule has 0 saturated heterocycles. The molecule has 0 aromatic heterocycles. The van der Waals surface area contributed by atoms with Crippen molar-refractivity contribution in [3.63, 3.8) is 0 Å². The van der Waals surface area contributed by atoms with Crippen molar-refractivity contribution in [2.45, 2.75) is 6.61 Å². The van der Waals surface area contributed by atoms with Gasteiger partial charge in [-0.25, -0.2) is 4.79 Å². The van der Waals surface area contributed by atoms with Crippen LogP contribution in [0.3, 0.4) is 0 Å². The van der Waals surface area contributed by atoms with E-state index in [4.69, 9.17) is 26.8 Å². The summed E-state index contributed by atoms with van der Waals surface area (Å²) in [5.74, 6) is -0.409. The molecule has 5 heteroatoms. The molecule has 0 fully saturated rings. The molecule has 0 aliphatic heterocycles. The van der Waals surface area contributed by atoms with Crippen molar-refractivity contribution in [2.24, 2.45) is 5.73 Å². The normalized spacial score (nSPS) is 10.1. The number of ether oxygens (including phenoxy) is 2. The minimum atomic E-state index is -0.409. The number of esters is 1. The number of halogens is 1. The molecule has 0 heterocycles. The SMILES string of the molecule is NCCOCC(=O)OCc1cccc(Cl)c1. The van der Waals surface area contributed by atoms with Gasteiger partial charge in [0.15, 0.2) is 0 Å². The first-order chi connectivity index (χ1) is 7.72. The lowest BCUT2D eigenvalue weighted by molar-refractivity contribution is -0.150. The predicted molar refractivity (Wildman–Crippen MR) is 61.1 cm³/mol. The Balaban J connectivity index is 2.26. The van der Waals surface area contributed by atoms with Crippen LogP contribution in [-0.4, -0.2) is 25.7 Å². The van der Waals surface area contributed by atoms with Gasteiger partial charge >= 0.3 is 5.97 Å². The highest BCUT2D eigenvalue weighted by molar-refractivity contribution is 6.30. The van der Waals surface area contributed by atoms with Crippen LogP contribution in [0.25, 0.3) is 0 Å². The van der Waals surface area contributed by atoms with E-state index in [-0.39, 0.29) is 13.2 Å². The van der Waals surface area contributed by atoms with Crippen LogP contribution in [0.15, 0.2) is 24.3 Å². The van der Waals surface area contributed by atoms with Gasteiger partial charge in [-0.3, -0.25) is 0 Å². The fourth-order valence-electron chi connectivity index (χ4n) is 1.07. The Morgan fingerprint density at radius 2 is 2.25 bits per heavy atom. The topological polar surface area (TPSA) is 61.5 Å². The van der Waals surface area contributed by atoms with Crippen LogP contribution in [0.2, 0.25) is 5.02 Å². The molecule has 2 N–H and O–H groups in total. The lowest BCUT2D eigenvalue weighted by Crippen LogP contribution is -2.16. The second kappa shape index (κ2) is 7.22. The van der Waals surface area contributed by atoms with Crippen molar-refractivity contribution in [1.29, 1.82) is 0 Å². The fraction of sp³-hybridized carbons (Fsp3) is 0.364. The number of hydrogen-bond acceptors (Lipinski definition) is 4. The van der Waals surface area contributed by atoms with E-state index in [9.17, 15) is 4.79 Å². The van der Waals surface area contributed by atoms with Gasteiger partial charge in [-0.1, -0.05) is 23.7 Å². The summed E-state index contributed by atoms with van der Waals surface area (Å²) in [7, 11) is 0. The summed E-state index contributed by atoms with van der Waals surface area (Å²) in [5, 5.41) is 0.618. The molecule has 0 amide bonds. The largest absolute Gasteiger partial charge is 0.459 e. The number of hydrogen-bond donors (Lipinski definition) is 1. The third-order valence-corrected chi connectivity index (χ3v) is 2.01. The Morgan fingerprint density at radius 1 is 1.44 bits per heavy atom. The number of carbonyl (C=O) groups is 1.